The Kier molecular flexibility index (Phi) is 5.75. The van der Waals surface area contributed by atoms with Gasteiger partial charge in [0.2, 0.25) is 0 Å². The summed E-state index contributed by atoms with van der Waals surface area (Å²) in [6, 6.07) is 20.8. The summed E-state index contributed by atoms with van der Waals surface area (Å²) >= 11 is 0. The molecule has 0 saturated heterocycles. The van der Waals surface area contributed by atoms with E-state index in [1.165, 1.54) is 41.9 Å². The highest BCUT2D eigenvalue weighted by Gasteiger charge is 2.25. The molecule has 4 heteroatoms. The maximum Gasteiger partial charge on any atom is 0.257 e. The second-order valence-corrected chi connectivity index (χ2v) is 6.70. The average molecular weight is 365 g/mol. The smallest absolute Gasteiger partial charge is 0.229 e. The SMILES string of the molecule is Cl.N#Cc1ccc(C[n+]2cc(-c3ccccc3)n3c2CCCCC3)cc1. The van der Waals surface area contributed by atoms with Crippen LogP contribution in [0.5, 0.6) is 0 Å². The topological polar surface area (TPSA) is 32.6 Å². The molecular formula is C22H23ClN3+. The minimum atomic E-state index is 0. The van der Waals surface area contributed by atoms with E-state index in [1.54, 1.807) is 0 Å². The van der Waals surface area contributed by atoms with Crippen molar-refractivity contribution in [1.29, 1.82) is 5.26 Å². The lowest BCUT2D eigenvalue weighted by atomic mass is 10.1. The third-order valence-corrected chi connectivity index (χ3v) is 5.00. The van der Waals surface area contributed by atoms with Gasteiger partial charge in [-0.1, -0.05) is 42.5 Å². The maximum atomic E-state index is 8.98. The Morgan fingerprint density at radius 2 is 1.73 bits per heavy atom. The summed E-state index contributed by atoms with van der Waals surface area (Å²) in [7, 11) is 0. The van der Waals surface area contributed by atoms with Crippen LogP contribution >= 0.6 is 12.4 Å². The molecule has 0 amide bonds. The molecule has 3 nitrogen and oxygen atoms in total. The van der Waals surface area contributed by atoms with E-state index in [4.69, 9.17) is 5.26 Å². The number of rotatable bonds is 3. The van der Waals surface area contributed by atoms with Gasteiger partial charge < -0.3 is 0 Å². The Morgan fingerprint density at radius 3 is 2.46 bits per heavy atom. The van der Waals surface area contributed by atoms with Gasteiger partial charge in [0.25, 0.3) is 5.82 Å². The highest BCUT2D eigenvalue weighted by atomic mass is 35.5. The number of halogens is 1. The van der Waals surface area contributed by atoms with E-state index in [1.807, 2.05) is 12.1 Å². The van der Waals surface area contributed by atoms with Crippen LogP contribution in [0.2, 0.25) is 0 Å². The Labute approximate surface area is 160 Å². The maximum absolute atomic E-state index is 8.98. The van der Waals surface area contributed by atoms with Crippen LogP contribution in [-0.2, 0) is 19.5 Å². The van der Waals surface area contributed by atoms with Crippen LogP contribution in [0.15, 0.2) is 60.8 Å². The van der Waals surface area contributed by atoms with Crippen molar-refractivity contribution in [2.75, 3.05) is 0 Å². The van der Waals surface area contributed by atoms with Gasteiger partial charge in [-0.05, 0) is 37.0 Å². The van der Waals surface area contributed by atoms with E-state index in [0.29, 0.717) is 0 Å². The van der Waals surface area contributed by atoms with Crippen molar-refractivity contribution in [3.8, 4) is 17.3 Å². The Morgan fingerprint density at radius 1 is 0.962 bits per heavy atom. The lowest BCUT2D eigenvalue weighted by molar-refractivity contribution is -0.695. The van der Waals surface area contributed by atoms with Gasteiger partial charge in [0.05, 0.1) is 18.2 Å². The lowest BCUT2D eigenvalue weighted by Crippen LogP contribution is -2.37. The predicted octanol–water partition coefficient (Wildman–Crippen LogP) is 4.51. The van der Waals surface area contributed by atoms with E-state index in [-0.39, 0.29) is 12.4 Å². The summed E-state index contributed by atoms with van der Waals surface area (Å²) in [5, 5.41) is 8.98. The first kappa shape index (κ1) is 18.2. The number of hydrogen-bond acceptors (Lipinski definition) is 1. The number of hydrogen-bond donors (Lipinski definition) is 0. The quantitative estimate of drug-likeness (QED) is 0.629. The summed E-state index contributed by atoms with van der Waals surface area (Å²) in [5.74, 6) is 1.42. The highest BCUT2D eigenvalue weighted by Crippen LogP contribution is 2.24. The van der Waals surface area contributed by atoms with Crippen molar-refractivity contribution in [2.45, 2.75) is 38.8 Å². The number of nitriles is 1. The molecule has 0 atom stereocenters. The first-order valence-electron chi connectivity index (χ1n) is 9.01. The molecule has 132 valence electrons. The van der Waals surface area contributed by atoms with E-state index in [2.05, 4.69) is 63.9 Å². The Balaban J connectivity index is 0.00000196. The molecule has 0 N–H and O–H groups in total. The molecule has 3 aromatic rings. The normalized spacial score (nSPS) is 13.2. The largest absolute Gasteiger partial charge is 0.257 e. The predicted molar refractivity (Wildman–Crippen MR) is 105 cm³/mol. The molecular weight excluding hydrogens is 342 g/mol. The van der Waals surface area contributed by atoms with Crippen LogP contribution in [0.4, 0.5) is 0 Å². The second kappa shape index (κ2) is 8.21. The molecule has 26 heavy (non-hydrogen) atoms. The van der Waals surface area contributed by atoms with E-state index >= 15 is 0 Å². The second-order valence-electron chi connectivity index (χ2n) is 6.70. The molecule has 0 aliphatic carbocycles. The van der Waals surface area contributed by atoms with E-state index in [0.717, 1.165) is 25.1 Å². The zero-order valence-electron chi connectivity index (χ0n) is 14.8. The minimum absolute atomic E-state index is 0. The summed E-state index contributed by atoms with van der Waals surface area (Å²) in [6.07, 6.45) is 7.23. The van der Waals surface area contributed by atoms with Crippen LogP contribution in [0.25, 0.3) is 11.3 Å². The van der Waals surface area contributed by atoms with Crippen molar-refractivity contribution in [2.24, 2.45) is 0 Å². The van der Waals surface area contributed by atoms with Crippen molar-refractivity contribution >= 4 is 12.4 Å². The third kappa shape index (κ3) is 3.66. The number of benzene rings is 2. The van der Waals surface area contributed by atoms with Gasteiger partial charge in [-0.2, -0.15) is 5.26 Å². The van der Waals surface area contributed by atoms with Crippen molar-refractivity contribution < 1.29 is 4.57 Å². The van der Waals surface area contributed by atoms with Crippen LogP contribution in [0.1, 0.15) is 36.2 Å². The first-order valence-corrected chi connectivity index (χ1v) is 9.01. The summed E-state index contributed by atoms with van der Waals surface area (Å²) in [4.78, 5) is 0. The average Bonchev–Trinajstić information content (AvgIpc) is 2.84. The zero-order valence-corrected chi connectivity index (χ0v) is 15.6. The van der Waals surface area contributed by atoms with E-state index in [9.17, 15) is 0 Å². The Hall–Kier alpha value is -2.57. The number of imidazole rings is 1. The molecule has 0 saturated carbocycles. The van der Waals surface area contributed by atoms with Gasteiger partial charge in [-0.15, -0.1) is 12.4 Å². The molecule has 4 rings (SSSR count). The van der Waals surface area contributed by atoms with Gasteiger partial charge >= 0.3 is 0 Å². The minimum Gasteiger partial charge on any atom is -0.229 e. The fourth-order valence-electron chi connectivity index (χ4n) is 3.70. The highest BCUT2D eigenvalue weighted by molar-refractivity contribution is 5.85. The van der Waals surface area contributed by atoms with Crippen molar-refractivity contribution in [3.63, 3.8) is 0 Å². The molecule has 1 aliphatic rings. The van der Waals surface area contributed by atoms with Gasteiger partial charge in [0, 0.05) is 12.0 Å². The summed E-state index contributed by atoms with van der Waals surface area (Å²) < 4.78 is 4.90. The number of nitrogens with zero attached hydrogens (tertiary/aromatic N) is 3. The van der Waals surface area contributed by atoms with Crippen LogP contribution in [-0.4, -0.2) is 4.57 Å². The summed E-state index contributed by atoms with van der Waals surface area (Å²) in [5.41, 5.74) is 4.55. The number of fused-ring (bicyclic) bond motifs is 1. The van der Waals surface area contributed by atoms with Crippen molar-refractivity contribution in [3.05, 3.63) is 77.7 Å². The molecule has 0 bridgehead atoms. The number of aromatic nitrogens is 2. The molecule has 2 heterocycles. The molecule has 1 aliphatic heterocycles. The third-order valence-electron chi connectivity index (χ3n) is 5.00. The standard InChI is InChI=1S/C22H22N3.ClH/c23-15-18-10-12-19(13-11-18)16-24-17-21(20-7-3-1-4-8-20)25-14-6-2-5-9-22(24)25;/h1,3-4,7-8,10-13,17H,2,5-6,9,14,16H2;1H/q+1;. The first-order chi connectivity index (χ1) is 12.3. The molecule has 0 unspecified atom stereocenters. The molecule has 0 fully saturated rings. The monoisotopic (exact) mass is 364 g/mol. The van der Waals surface area contributed by atoms with E-state index < -0.39 is 0 Å². The van der Waals surface area contributed by atoms with Gasteiger partial charge in [-0.3, -0.25) is 0 Å². The fraction of sp³-hybridized carbons (Fsp3) is 0.273. The van der Waals surface area contributed by atoms with Gasteiger partial charge in [-0.25, -0.2) is 9.13 Å². The molecule has 0 radical (unpaired) electrons. The van der Waals surface area contributed by atoms with Gasteiger partial charge in [0.1, 0.15) is 12.7 Å². The zero-order chi connectivity index (χ0) is 17.1. The Bertz CT molecular complexity index is 905. The van der Waals surface area contributed by atoms with Crippen LogP contribution in [0.3, 0.4) is 0 Å². The van der Waals surface area contributed by atoms with Gasteiger partial charge in [0.15, 0.2) is 5.69 Å². The van der Waals surface area contributed by atoms with Crippen LogP contribution < -0.4 is 4.57 Å². The van der Waals surface area contributed by atoms with Crippen LogP contribution in [0, 0.1) is 11.3 Å². The molecule has 2 aromatic carbocycles. The summed E-state index contributed by atoms with van der Waals surface area (Å²) in [6.45, 7) is 1.95. The fourth-order valence-corrected chi connectivity index (χ4v) is 3.70. The lowest BCUT2D eigenvalue weighted by Gasteiger charge is -2.03. The molecule has 1 aromatic heterocycles. The van der Waals surface area contributed by atoms with Crippen molar-refractivity contribution in [1.82, 2.24) is 4.57 Å². The molecule has 0 spiro atoms.